The molecule has 0 N–H and O–H groups in total. The minimum atomic E-state index is -1.16. The molecule has 8 heteroatoms. The van der Waals surface area contributed by atoms with Gasteiger partial charge in [-0.05, 0) is 27.2 Å². The summed E-state index contributed by atoms with van der Waals surface area (Å²) < 4.78 is 25.4. The zero-order valence-corrected chi connectivity index (χ0v) is 17.9. The van der Waals surface area contributed by atoms with Gasteiger partial charge in [0.15, 0.2) is 5.60 Å². The van der Waals surface area contributed by atoms with Crippen LogP contribution < -0.4 is 0 Å². The number of ether oxygens (including phenoxy) is 5. The van der Waals surface area contributed by atoms with E-state index in [0.29, 0.717) is 13.0 Å². The molecular weight excluding hydrogens is 388 g/mol. The maximum atomic E-state index is 12.0. The second kappa shape index (κ2) is 20.7. The Morgan fingerprint density at radius 3 is 2.00 bits per heavy atom. The van der Waals surface area contributed by atoms with Crippen LogP contribution in [0.5, 0.6) is 0 Å². The van der Waals surface area contributed by atoms with E-state index in [2.05, 4.69) is 13.8 Å². The number of hydrogen-bond donors (Lipinski definition) is 0. The maximum absolute atomic E-state index is 12.0. The summed E-state index contributed by atoms with van der Waals surface area (Å²) in [6, 6.07) is 0. The van der Waals surface area contributed by atoms with Gasteiger partial charge in [-0.15, -0.1) is 11.6 Å². The molecule has 0 saturated heterocycles. The lowest BCUT2D eigenvalue weighted by molar-refractivity contribution is -0.178. The molecule has 0 saturated carbocycles. The highest BCUT2D eigenvalue weighted by molar-refractivity contribution is 6.18. The molecule has 0 aliphatic heterocycles. The highest BCUT2D eigenvalue weighted by atomic mass is 35.5. The van der Waals surface area contributed by atoms with E-state index >= 15 is 0 Å². The molecular formula is C20H43ClO7. The van der Waals surface area contributed by atoms with Gasteiger partial charge in [0, 0.05) is 7.11 Å². The minimum Gasteiger partial charge on any atom is -0.461 e. The van der Waals surface area contributed by atoms with Crippen molar-refractivity contribution in [3.8, 4) is 0 Å². The summed E-state index contributed by atoms with van der Waals surface area (Å²) in [6.45, 7) is 11.4. The molecule has 0 bridgehead atoms. The lowest BCUT2D eigenvalue weighted by Gasteiger charge is -2.28. The molecule has 7 nitrogen and oxygen atoms in total. The van der Waals surface area contributed by atoms with Gasteiger partial charge in [-0.25, -0.2) is 9.59 Å². The first-order valence-electron chi connectivity index (χ1n) is 8.91. The Bertz CT molecular complexity index is 376. The number of alkyl halides is 1. The Labute approximate surface area is 177 Å². The topological polar surface area (TPSA) is 80.3 Å². The molecule has 0 amide bonds. The Kier molecular flexibility index (Phi) is 25.4. The molecule has 0 heterocycles. The predicted octanol–water partition coefficient (Wildman–Crippen LogP) is 5.22. The molecule has 0 aromatic carbocycles. The van der Waals surface area contributed by atoms with Crippen molar-refractivity contribution in [3.05, 3.63) is 0 Å². The van der Waals surface area contributed by atoms with Crippen molar-refractivity contribution >= 4 is 23.7 Å². The predicted molar refractivity (Wildman–Crippen MR) is 114 cm³/mol. The quantitative estimate of drug-likeness (QED) is 0.252. The molecule has 0 spiro atoms. The van der Waals surface area contributed by atoms with Gasteiger partial charge in [0.05, 0.1) is 18.6 Å². The summed E-state index contributed by atoms with van der Waals surface area (Å²) >= 11 is 5.54. The molecule has 0 aromatic rings. The van der Waals surface area contributed by atoms with Crippen LogP contribution in [0.3, 0.4) is 0 Å². The van der Waals surface area contributed by atoms with Crippen LogP contribution in [0.25, 0.3) is 0 Å². The lowest BCUT2D eigenvalue weighted by atomic mass is 10.1. The van der Waals surface area contributed by atoms with Gasteiger partial charge < -0.3 is 23.7 Å². The van der Waals surface area contributed by atoms with Crippen LogP contribution in [0.4, 0.5) is 4.79 Å². The van der Waals surface area contributed by atoms with Crippen LogP contribution in [0, 0.1) is 0 Å². The average molecular weight is 431 g/mol. The SMILES string of the molecule is C.C.CCC.CCC(COC(=O)OC(C)CCl)OC(C)(C)C(=O)OCCOC. The van der Waals surface area contributed by atoms with Crippen LogP contribution in [0.1, 0.15) is 69.2 Å². The number of methoxy groups -OCH3 is 1. The van der Waals surface area contributed by atoms with Crippen LogP contribution in [0.2, 0.25) is 0 Å². The fourth-order valence-corrected chi connectivity index (χ4v) is 1.55. The number of esters is 1. The first-order valence-corrected chi connectivity index (χ1v) is 9.45. The van der Waals surface area contributed by atoms with Crippen LogP contribution in [0.15, 0.2) is 0 Å². The normalized spacial score (nSPS) is 12.1. The molecule has 172 valence electrons. The standard InChI is InChI=1S/C15H27ClO7.C3H8.2CH4/c1-6-12(10-21-14(18)22-11(2)9-16)23-15(3,4)13(17)20-8-7-19-5;1-3-2;;/h11-12H,6-10H2,1-5H3;3H2,1-2H3;2*1H4. The van der Waals surface area contributed by atoms with Crippen molar-refractivity contribution in [2.45, 2.75) is 87.0 Å². The van der Waals surface area contributed by atoms with Crippen molar-refractivity contribution in [2.75, 3.05) is 32.8 Å². The Morgan fingerprint density at radius 1 is 1.04 bits per heavy atom. The lowest BCUT2D eigenvalue weighted by Crippen LogP contribution is -2.42. The number of halogens is 1. The largest absolute Gasteiger partial charge is 0.508 e. The van der Waals surface area contributed by atoms with E-state index in [1.54, 1.807) is 20.8 Å². The second-order valence-electron chi connectivity index (χ2n) is 6.14. The van der Waals surface area contributed by atoms with E-state index in [1.807, 2.05) is 6.92 Å². The fourth-order valence-electron chi connectivity index (χ4n) is 1.48. The molecule has 0 aliphatic carbocycles. The van der Waals surface area contributed by atoms with E-state index in [0.717, 1.165) is 0 Å². The molecule has 0 rings (SSSR count). The Morgan fingerprint density at radius 2 is 1.57 bits per heavy atom. The van der Waals surface area contributed by atoms with Gasteiger partial charge in [-0.3, -0.25) is 0 Å². The zero-order chi connectivity index (χ0) is 20.6. The summed E-state index contributed by atoms with van der Waals surface area (Å²) in [7, 11) is 1.52. The van der Waals surface area contributed by atoms with Gasteiger partial charge in [0.1, 0.15) is 19.3 Å². The average Bonchev–Trinajstić information content (AvgIpc) is 2.59. The highest BCUT2D eigenvalue weighted by Gasteiger charge is 2.33. The van der Waals surface area contributed by atoms with Crippen molar-refractivity contribution in [1.29, 1.82) is 0 Å². The monoisotopic (exact) mass is 430 g/mol. The van der Waals surface area contributed by atoms with Gasteiger partial charge in [-0.1, -0.05) is 42.0 Å². The van der Waals surface area contributed by atoms with Crippen molar-refractivity contribution in [3.63, 3.8) is 0 Å². The number of carbonyl (C=O) groups excluding carboxylic acids is 2. The Hall–Kier alpha value is -1.05. The minimum absolute atomic E-state index is 0. The second-order valence-corrected chi connectivity index (χ2v) is 6.45. The van der Waals surface area contributed by atoms with E-state index in [4.69, 9.17) is 35.3 Å². The summed E-state index contributed by atoms with van der Waals surface area (Å²) in [5, 5.41) is 0. The van der Waals surface area contributed by atoms with Crippen molar-refractivity contribution in [1.82, 2.24) is 0 Å². The molecule has 2 atom stereocenters. The maximum Gasteiger partial charge on any atom is 0.508 e. The van der Waals surface area contributed by atoms with Crippen molar-refractivity contribution in [2.24, 2.45) is 0 Å². The van der Waals surface area contributed by atoms with Crippen LogP contribution in [-0.4, -0.2) is 62.7 Å². The first-order chi connectivity index (χ1) is 12.2. The van der Waals surface area contributed by atoms with E-state index < -0.39 is 29.9 Å². The molecule has 2 unspecified atom stereocenters. The van der Waals surface area contributed by atoms with Crippen LogP contribution >= 0.6 is 11.6 Å². The third kappa shape index (κ3) is 18.3. The molecule has 28 heavy (non-hydrogen) atoms. The van der Waals surface area contributed by atoms with E-state index in [9.17, 15) is 9.59 Å². The van der Waals surface area contributed by atoms with Gasteiger partial charge in [0.25, 0.3) is 0 Å². The first kappa shape index (κ1) is 34.5. The van der Waals surface area contributed by atoms with E-state index in [-0.39, 0.29) is 33.9 Å². The van der Waals surface area contributed by atoms with Crippen molar-refractivity contribution < 1.29 is 33.3 Å². The fraction of sp³-hybridized carbons (Fsp3) is 0.900. The van der Waals surface area contributed by atoms with E-state index in [1.165, 1.54) is 13.5 Å². The number of rotatable bonds is 11. The third-order valence-corrected chi connectivity index (χ3v) is 3.27. The summed E-state index contributed by atoms with van der Waals surface area (Å²) in [5.41, 5.74) is -1.16. The zero-order valence-electron chi connectivity index (χ0n) is 17.1. The number of hydrogen-bond acceptors (Lipinski definition) is 7. The summed E-state index contributed by atoms with van der Waals surface area (Å²) in [4.78, 5) is 23.4. The van der Waals surface area contributed by atoms with Crippen LogP contribution in [-0.2, 0) is 28.5 Å². The summed E-state index contributed by atoms with van der Waals surface area (Å²) in [5.74, 6) is -0.324. The van der Waals surface area contributed by atoms with Gasteiger partial charge >= 0.3 is 12.1 Å². The smallest absolute Gasteiger partial charge is 0.461 e. The highest BCUT2D eigenvalue weighted by Crippen LogP contribution is 2.17. The van der Waals surface area contributed by atoms with Gasteiger partial charge in [-0.2, -0.15) is 0 Å². The molecule has 0 radical (unpaired) electrons. The van der Waals surface area contributed by atoms with Gasteiger partial charge in [0.2, 0.25) is 0 Å². The molecule has 0 fully saturated rings. The summed E-state index contributed by atoms with van der Waals surface area (Å²) in [6.07, 6.45) is 0.0875. The molecule has 0 aromatic heterocycles. The Balaban J connectivity index is -0.000000538. The third-order valence-electron chi connectivity index (χ3n) is 2.83. The number of carbonyl (C=O) groups is 2. The molecule has 0 aliphatic rings.